The summed E-state index contributed by atoms with van der Waals surface area (Å²) in [6, 6.07) is 0.216. The molecule has 2 N–H and O–H groups in total. The number of carbonyl (C=O) groups is 1. The van der Waals surface area contributed by atoms with E-state index in [2.05, 4.69) is 45.3 Å². The molecule has 0 aromatic carbocycles. The van der Waals surface area contributed by atoms with Gasteiger partial charge in [0.15, 0.2) is 0 Å². The van der Waals surface area contributed by atoms with Gasteiger partial charge in [-0.3, -0.25) is 4.79 Å². The molecule has 0 aromatic heterocycles. The topological polar surface area (TPSA) is 50.4 Å². The van der Waals surface area contributed by atoms with Crippen molar-refractivity contribution in [3.63, 3.8) is 0 Å². The molecular weight excluding hydrogens is 324 g/mol. The predicted octanol–water partition coefficient (Wildman–Crippen LogP) is 4.53. The number of ether oxygens (including phenoxy) is 1. The third-order valence-corrected chi connectivity index (χ3v) is 5.57. The first kappa shape index (κ1) is 23.4. The van der Waals surface area contributed by atoms with E-state index in [9.17, 15) is 4.79 Å². The van der Waals surface area contributed by atoms with Crippen molar-refractivity contribution in [1.29, 1.82) is 0 Å². The molecule has 0 aromatic rings. The Kier molecular flexibility index (Phi) is 8.60. The van der Waals surface area contributed by atoms with Crippen LogP contribution < -0.4 is 10.6 Å². The molecule has 1 fully saturated rings. The molecule has 1 saturated carbocycles. The normalized spacial score (nSPS) is 26.1. The number of nitrogens with one attached hydrogen (secondary N) is 2. The van der Waals surface area contributed by atoms with E-state index in [1.165, 1.54) is 12.8 Å². The van der Waals surface area contributed by atoms with Gasteiger partial charge in [0, 0.05) is 19.2 Å². The highest BCUT2D eigenvalue weighted by Crippen LogP contribution is 2.45. The molecule has 0 spiro atoms. The van der Waals surface area contributed by atoms with Crippen LogP contribution in [0.2, 0.25) is 0 Å². The zero-order valence-electron chi connectivity index (χ0n) is 18.6. The number of rotatable bonds is 10. The van der Waals surface area contributed by atoms with Crippen LogP contribution in [-0.4, -0.2) is 37.7 Å². The monoisotopic (exact) mass is 368 g/mol. The Morgan fingerprint density at radius 3 is 2.42 bits per heavy atom. The predicted molar refractivity (Wildman–Crippen MR) is 110 cm³/mol. The van der Waals surface area contributed by atoms with Gasteiger partial charge in [0.1, 0.15) is 5.60 Å². The summed E-state index contributed by atoms with van der Waals surface area (Å²) in [4.78, 5) is 12.8. The summed E-state index contributed by atoms with van der Waals surface area (Å²) in [6.45, 7) is 16.9. The smallest absolute Gasteiger partial charge is 0.251 e. The molecule has 0 bridgehead atoms. The summed E-state index contributed by atoms with van der Waals surface area (Å²) in [5.74, 6) is 0.753. The minimum Gasteiger partial charge on any atom is -0.366 e. The molecule has 154 valence electrons. The van der Waals surface area contributed by atoms with Gasteiger partial charge in [-0.1, -0.05) is 47.5 Å². The van der Waals surface area contributed by atoms with E-state index in [-0.39, 0.29) is 22.8 Å². The van der Waals surface area contributed by atoms with Crippen molar-refractivity contribution in [2.75, 3.05) is 20.2 Å². The van der Waals surface area contributed by atoms with E-state index in [1.807, 2.05) is 20.9 Å². The van der Waals surface area contributed by atoms with Gasteiger partial charge >= 0.3 is 0 Å². The summed E-state index contributed by atoms with van der Waals surface area (Å²) in [6.07, 6.45) is 6.64. The molecule has 2 unspecified atom stereocenters. The molecule has 1 aliphatic carbocycles. The summed E-state index contributed by atoms with van der Waals surface area (Å²) in [7, 11) is 2.01. The van der Waals surface area contributed by atoms with Gasteiger partial charge in [-0.05, 0) is 63.3 Å². The molecule has 4 nitrogen and oxygen atoms in total. The first-order chi connectivity index (χ1) is 11.9. The maximum Gasteiger partial charge on any atom is 0.251 e. The van der Waals surface area contributed by atoms with Gasteiger partial charge in [0.25, 0.3) is 5.91 Å². The van der Waals surface area contributed by atoms with Crippen LogP contribution in [0.3, 0.4) is 0 Å². The van der Waals surface area contributed by atoms with Crippen molar-refractivity contribution in [2.45, 2.75) is 98.6 Å². The number of hydrogen-bond acceptors (Lipinski definition) is 3. The Balaban J connectivity index is 2.55. The van der Waals surface area contributed by atoms with Crippen molar-refractivity contribution in [1.82, 2.24) is 10.6 Å². The van der Waals surface area contributed by atoms with E-state index < -0.39 is 5.60 Å². The Bertz CT molecular complexity index is 445. The molecule has 0 heterocycles. The van der Waals surface area contributed by atoms with E-state index >= 15 is 0 Å². The zero-order chi connectivity index (χ0) is 20.0. The second-order valence-corrected chi connectivity index (χ2v) is 10.5. The molecule has 0 saturated heterocycles. The SMILES string of the molecule is CNCC1(C)CC(NC(=O)C(C)(C)OCCCCC(C)C)CC(C)(C)C1. The highest BCUT2D eigenvalue weighted by atomic mass is 16.5. The maximum atomic E-state index is 12.8. The van der Waals surface area contributed by atoms with Gasteiger partial charge in [-0.25, -0.2) is 0 Å². The molecule has 1 rings (SSSR count). The Morgan fingerprint density at radius 2 is 1.85 bits per heavy atom. The fourth-order valence-electron chi connectivity index (χ4n) is 4.70. The van der Waals surface area contributed by atoms with E-state index in [1.54, 1.807) is 0 Å². The van der Waals surface area contributed by atoms with Crippen LogP contribution in [-0.2, 0) is 9.53 Å². The van der Waals surface area contributed by atoms with Crippen LogP contribution in [0.25, 0.3) is 0 Å². The molecule has 26 heavy (non-hydrogen) atoms. The van der Waals surface area contributed by atoms with E-state index in [0.717, 1.165) is 38.1 Å². The van der Waals surface area contributed by atoms with E-state index in [4.69, 9.17) is 4.74 Å². The van der Waals surface area contributed by atoms with Gasteiger partial charge in [0.2, 0.25) is 0 Å². The van der Waals surface area contributed by atoms with Gasteiger partial charge < -0.3 is 15.4 Å². The van der Waals surface area contributed by atoms with Crippen molar-refractivity contribution in [3.05, 3.63) is 0 Å². The lowest BCUT2D eigenvalue weighted by Gasteiger charge is -2.47. The maximum absolute atomic E-state index is 12.8. The summed E-state index contributed by atoms with van der Waals surface area (Å²) < 4.78 is 5.94. The Labute approximate surface area is 162 Å². The standard InChI is InChI=1S/C22H44N2O2/c1-17(2)11-9-10-12-26-21(5,6)19(25)24-18-13-20(3,4)15-22(7,14-18)16-23-8/h17-18,23H,9-16H2,1-8H3,(H,24,25). The quantitative estimate of drug-likeness (QED) is 0.557. The average molecular weight is 369 g/mol. The minimum absolute atomic E-state index is 0.0240. The lowest BCUT2D eigenvalue weighted by Crippen LogP contribution is -2.54. The van der Waals surface area contributed by atoms with Crippen molar-refractivity contribution in [2.24, 2.45) is 16.7 Å². The lowest BCUT2D eigenvalue weighted by molar-refractivity contribution is -0.144. The molecule has 1 aliphatic rings. The molecular formula is C22H44N2O2. The van der Waals surface area contributed by atoms with Crippen LogP contribution in [0, 0.1) is 16.7 Å². The molecule has 1 amide bonds. The van der Waals surface area contributed by atoms with Crippen LogP contribution in [0.4, 0.5) is 0 Å². The van der Waals surface area contributed by atoms with Crippen LogP contribution in [0.15, 0.2) is 0 Å². The highest BCUT2D eigenvalue weighted by molar-refractivity contribution is 5.84. The van der Waals surface area contributed by atoms with Crippen LogP contribution >= 0.6 is 0 Å². The summed E-state index contributed by atoms with van der Waals surface area (Å²) in [5.41, 5.74) is -0.307. The molecule has 0 aliphatic heterocycles. The Morgan fingerprint density at radius 1 is 1.19 bits per heavy atom. The van der Waals surface area contributed by atoms with Gasteiger partial charge in [-0.2, -0.15) is 0 Å². The minimum atomic E-state index is -0.765. The lowest BCUT2D eigenvalue weighted by atomic mass is 9.62. The van der Waals surface area contributed by atoms with Crippen molar-refractivity contribution >= 4 is 5.91 Å². The third-order valence-electron chi connectivity index (χ3n) is 5.57. The average Bonchev–Trinajstić information content (AvgIpc) is 2.43. The summed E-state index contributed by atoms with van der Waals surface area (Å²) in [5, 5.41) is 6.63. The Hall–Kier alpha value is -0.610. The second kappa shape index (κ2) is 9.54. The van der Waals surface area contributed by atoms with Gasteiger partial charge in [-0.15, -0.1) is 0 Å². The van der Waals surface area contributed by atoms with Crippen molar-refractivity contribution in [3.8, 4) is 0 Å². The van der Waals surface area contributed by atoms with E-state index in [0.29, 0.717) is 6.61 Å². The van der Waals surface area contributed by atoms with Gasteiger partial charge in [0.05, 0.1) is 0 Å². The fourth-order valence-corrected chi connectivity index (χ4v) is 4.70. The molecule has 0 radical (unpaired) electrons. The largest absolute Gasteiger partial charge is 0.366 e. The molecule has 4 heteroatoms. The highest BCUT2D eigenvalue weighted by Gasteiger charge is 2.42. The van der Waals surface area contributed by atoms with Crippen molar-refractivity contribution < 1.29 is 9.53 Å². The first-order valence-corrected chi connectivity index (χ1v) is 10.5. The molecule has 2 atom stereocenters. The number of carbonyl (C=O) groups excluding carboxylic acids is 1. The number of amides is 1. The number of hydrogen-bond donors (Lipinski definition) is 2. The van der Waals surface area contributed by atoms with Crippen LogP contribution in [0.5, 0.6) is 0 Å². The third kappa shape index (κ3) is 7.96. The second-order valence-electron chi connectivity index (χ2n) is 10.5. The summed E-state index contributed by atoms with van der Waals surface area (Å²) >= 11 is 0. The first-order valence-electron chi connectivity index (χ1n) is 10.5. The zero-order valence-corrected chi connectivity index (χ0v) is 18.6. The number of unbranched alkanes of at least 4 members (excludes halogenated alkanes) is 1. The fraction of sp³-hybridized carbons (Fsp3) is 0.955. The van der Waals surface area contributed by atoms with Crippen LogP contribution in [0.1, 0.15) is 87.0 Å².